The third-order valence-electron chi connectivity index (χ3n) is 3.52. The van der Waals surface area contributed by atoms with Gasteiger partial charge >= 0.3 is 0 Å². The van der Waals surface area contributed by atoms with Crippen LogP contribution in [0, 0.1) is 0 Å². The van der Waals surface area contributed by atoms with Gasteiger partial charge in [0, 0.05) is 32.4 Å². The molecule has 0 aromatic carbocycles. The highest BCUT2D eigenvalue weighted by Crippen LogP contribution is 2.15. The van der Waals surface area contributed by atoms with Crippen molar-refractivity contribution in [2.45, 2.75) is 51.6 Å². The van der Waals surface area contributed by atoms with Crippen molar-refractivity contribution < 1.29 is 9.47 Å². The molecule has 5 nitrogen and oxygen atoms in total. The fourth-order valence-corrected chi connectivity index (χ4v) is 2.20. The third-order valence-corrected chi connectivity index (χ3v) is 3.52. The van der Waals surface area contributed by atoms with Crippen molar-refractivity contribution in [3.8, 4) is 0 Å². The first-order chi connectivity index (χ1) is 9.71. The molecule has 1 unspecified atom stereocenters. The topological polar surface area (TPSA) is 62.3 Å². The van der Waals surface area contributed by atoms with Gasteiger partial charge in [-0.1, -0.05) is 13.8 Å². The Morgan fingerprint density at radius 3 is 2.65 bits per heavy atom. The Labute approximate surface area is 122 Å². The van der Waals surface area contributed by atoms with E-state index in [0.29, 0.717) is 25.9 Å². The number of nitrogens with zero attached hydrogens (tertiary/aromatic N) is 2. The van der Waals surface area contributed by atoms with Crippen molar-refractivity contribution in [3.05, 3.63) is 18.0 Å². The standard InChI is InChI=1S/C15H29N3O2/c1-4-15(5-2)18-8-6-14(17-18)12-13(16)7-9-20-11-10-19-3/h6,8,13,15H,4-5,7,9-12,16H2,1-3H3. The van der Waals surface area contributed by atoms with Gasteiger partial charge in [-0.2, -0.15) is 5.10 Å². The van der Waals surface area contributed by atoms with Crippen LogP contribution in [0.5, 0.6) is 0 Å². The first kappa shape index (κ1) is 17.1. The minimum atomic E-state index is 0.0996. The van der Waals surface area contributed by atoms with E-state index in [2.05, 4.69) is 35.9 Å². The summed E-state index contributed by atoms with van der Waals surface area (Å²) in [5.74, 6) is 0. The lowest BCUT2D eigenvalue weighted by Crippen LogP contribution is -2.25. The SMILES string of the molecule is CCC(CC)n1ccc(CC(N)CCOCCOC)n1. The summed E-state index contributed by atoms with van der Waals surface area (Å²) in [5.41, 5.74) is 7.18. The number of hydrogen-bond acceptors (Lipinski definition) is 4. The highest BCUT2D eigenvalue weighted by molar-refractivity contribution is 5.02. The average molecular weight is 283 g/mol. The number of methoxy groups -OCH3 is 1. The van der Waals surface area contributed by atoms with Crippen LogP contribution in [0.3, 0.4) is 0 Å². The van der Waals surface area contributed by atoms with E-state index in [1.807, 2.05) is 0 Å². The Kier molecular flexibility index (Phi) is 8.49. The summed E-state index contributed by atoms with van der Waals surface area (Å²) in [6.07, 6.45) is 5.94. The molecule has 1 heterocycles. The largest absolute Gasteiger partial charge is 0.382 e. The molecule has 0 aliphatic heterocycles. The molecular formula is C15H29N3O2. The summed E-state index contributed by atoms with van der Waals surface area (Å²) < 4.78 is 12.4. The first-order valence-electron chi connectivity index (χ1n) is 7.57. The molecule has 1 rings (SSSR count). The average Bonchev–Trinajstić information content (AvgIpc) is 2.88. The number of ether oxygens (including phenoxy) is 2. The Bertz CT molecular complexity index is 351. The fraction of sp³-hybridized carbons (Fsp3) is 0.800. The molecule has 0 fully saturated rings. The van der Waals surface area contributed by atoms with Gasteiger partial charge in [0.2, 0.25) is 0 Å². The van der Waals surface area contributed by atoms with Crippen LogP contribution in [-0.2, 0) is 15.9 Å². The van der Waals surface area contributed by atoms with E-state index in [1.54, 1.807) is 7.11 Å². The highest BCUT2D eigenvalue weighted by atomic mass is 16.5. The van der Waals surface area contributed by atoms with Gasteiger partial charge in [-0.05, 0) is 25.3 Å². The summed E-state index contributed by atoms with van der Waals surface area (Å²) in [5, 5.41) is 4.63. The lowest BCUT2D eigenvalue weighted by Gasteiger charge is -2.13. The van der Waals surface area contributed by atoms with Crippen molar-refractivity contribution in [1.82, 2.24) is 9.78 Å². The monoisotopic (exact) mass is 283 g/mol. The van der Waals surface area contributed by atoms with Gasteiger partial charge in [0.15, 0.2) is 0 Å². The molecule has 0 saturated heterocycles. The highest BCUT2D eigenvalue weighted by Gasteiger charge is 2.10. The van der Waals surface area contributed by atoms with E-state index in [9.17, 15) is 0 Å². The van der Waals surface area contributed by atoms with Gasteiger partial charge in [0.1, 0.15) is 0 Å². The molecule has 20 heavy (non-hydrogen) atoms. The molecule has 0 aliphatic carbocycles. The minimum absolute atomic E-state index is 0.0996. The number of nitrogens with two attached hydrogens (primary N) is 1. The molecule has 1 atom stereocenters. The summed E-state index contributed by atoms with van der Waals surface area (Å²) in [6.45, 7) is 6.33. The zero-order valence-electron chi connectivity index (χ0n) is 13.0. The quantitative estimate of drug-likeness (QED) is 0.632. The molecule has 0 bridgehead atoms. The van der Waals surface area contributed by atoms with Crippen LogP contribution in [-0.4, -0.2) is 42.8 Å². The van der Waals surface area contributed by atoms with Gasteiger partial charge in [0.05, 0.1) is 24.9 Å². The van der Waals surface area contributed by atoms with Crippen molar-refractivity contribution >= 4 is 0 Å². The van der Waals surface area contributed by atoms with E-state index < -0.39 is 0 Å². The Balaban J connectivity index is 2.29. The zero-order chi connectivity index (χ0) is 14.8. The van der Waals surface area contributed by atoms with Crippen LogP contribution in [0.15, 0.2) is 12.3 Å². The van der Waals surface area contributed by atoms with E-state index in [0.717, 1.165) is 31.4 Å². The van der Waals surface area contributed by atoms with E-state index in [1.165, 1.54) is 0 Å². The summed E-state index contributed by atoms with van der Waals surface area (Å²) in [7, 11) is 1.67. The molecule has 1 aromatic rings. The summed E-state index contributed by atoms with van der Waals surface area (Å²) in [6, 6.07) is 2.67. The van der Waals surface area contributed by atoms with Crippen LogP contribution in [0.25, 0.3) is 0 Å². The second-order valence-electron chi connectivity index (χ2n) is 5.12. The molecule has 0 saturated carbocycles. The van der Waals surface area contributed by atoms with Crippen LogP contribution >= 0.6 is 0 Å². The number of hydrogen-bond donors (Lipinski definition) is 1. The van der Waals surface area contributed by atoms with Gasteiger partial charge in [-0.3, -0.25) is 4.68 Å². The maximum atomic E-state index is 6.11. The molecule has 5 heteroatoms. The fourth-order valence-electron chi connectivity index (χ4n) is 2.20. The van der Waals surface area contributed by atoms with Crippen LogP contribution in [0.1, 0.15) is 44.8 Å². The van der Waals surface area contributed by atoms with Crippen LogP contribution in [0.2, 0.25) is 0 Å². The van der Waals surface area contributed by atoms with Crippen molar-refractivity contribution in [2.75, 3.05) is 26.9 Å². The van der Waals surface area contributed by atoms with Crippen LogP contribution in [0.4, 0.5) is 0 Å². The van der Waals surface area contributed by atoms with E-state index in [4.69, 9.17) is 15.2 Å². The number of rotatable bonds is 11. The maximum absolute atomic E-state index is 6.11. The molecule has 0 spiro atoms. The zero-order valence-corrected chi connectivity index (χ0v) is 13.0. The molecule has 0 amide bonds. The van der Waals surface area contributed by atoms with Crippen LogP contribution < -0.4 is 5.73 Å². The predicted octanol–water partition coefficient (Wildman–Crippen LogP) is 2.17. The molecule has 0 aliphatic rings. The van der Waals surface area contributed by atoms with Crippen molar-refractivity contribution in [3.63, 3.8) is 0 Å². The van der Waals surface area contributed by atoms with Crippen molar-refractivity contribution in [2.24, 2.45) is 5.73 Å². The molecule has 1 aromatic heterocycles. The first-order valence-corrected chi connectivity index (χ1v) is 7.57. The van der Waals surface area contributed by atoms with Gasteiger partial charge < -0.3 is 15.2 Å². The Morgan fingerprint density at radius 2 is 2.00 bits per heavy atom. The Morgan fingerprint density at radius 1 is 1.25 bits per heavy atom. The molecule has 116 valence electrons. The summed E-state index contributed by atoms with van der Waals surface area (Å²) in [4.78, 5) is 0. The summed E-state index contributed by atoms with van der Waals surface area (Å²) >= 11 is 0. The maximum Gasteiger partial charge on any atom is 0.0700 e. The van der Waals surface area contributed by atoms with Gasteiger partial charge in [-0.25, -0.2) is 0 Å². The minimum Gasteiger partial charge on any atom is -0.382 e. The third kappa shape index (κ3) is 6.03. The molecular weight excluding hydrogens is 254 g/mol. The lowest BCUT2D eigenvalue weighted by molar-refractivity contribution is 0.0672. The van der Waals surface area contributed by atoms with E-state index in [-0.39, 0.29) is 6.04 Å². The van der Waals surface area contributed by atoms with Gasteiger partial charge in [-0.15, -0.1) is 0 Å². The van der Waals surface area contributed by atoms with Crippen molar-refractivity contribution in [1.29, 1.82) is 0 Å². The smallest absolute Gasteiger partial charge is 0.0700 e. The Hall–Kier alpha value is -0.910. The molecule has 0 radical (unpaired) electrons. The lowest BCUT2D eigenvalue weighted by atomic mass is 10.1. The van der Waals surface area contributed by atoms with Gasteiger partial charge in [0.25, 0.3) is 0 Å². The number of aromatic nitrogens is 2. The van der Waals surface area contributed by atoms with E-state index >= 15 is 0 Å². The second-order valence-corrected chi connectivity index (χ2v) is 5.12. The molecule has 2 N–H and O–H groups in total. The predicted molar refractivity (Wildman–Crippen MR) is 80.8 cm³/mol. The normalized spacial score (nSPS) is 13.1. The second kappa shape index (κ2) is 9.91.